The van der Waals surface area contributed by atoms with Crippen molar-refractivity contribution in [1.29, 1.82) is 0 Å². The van der Waals surface area contributed by atoms with Crippen molar-refractivity contribution in [2.45, 2.75) is 23.8 Å². The molecule has 0 bridgehead atoms. The summed E-state index contributed by atoms with van der Waals surface area (Å²) in [6, 6.07) is 9.76. The molecule has 0 spiro atoms. The Labute approximate surface area is 139 Å². The molecule has 2 aromatic carbocycles. The lowest BCUT2D eigenvalue weighted by atomic mass is 10.1. The van der Waals surface area contributed by atoms with Gasteiger partial charge >= 0.3 is 0 Å². The number of hydrogen-bond donors (Lipinski definition) is 2. The fourth-order valence-electron chi connectivity index (χ4n) is 2.89. The number of carbonyl (C=O) groups excluding carboxylic acids is 1. The number of fused-ring (bicyclic) bond motifs is 1. The first-order valence-corrected chi connectivity index (χ1v) is 9.02. The largest absolute Gasteiger partial charge is 0.355 e. The van der Waals surface area contributed by atoms with Gasteiger partial charge in [-0.25, -0.2) is 17.5 Å². The van der Waals surface area contributed by atoms with Crippen LogP contribution in [-0.2, 0) is 16.4 Å². The van der Waals surface area contributed by atoms with Crippen molar-refractivity contribution in [3.8, 4) is 0 Å². The first-order valence-electron chi connectivity index (χ1n) is 7.53. The van der Waals surface area contributed by atoms with Gasteiger partial charge in [0.05, 0.1) is 4.90 Å². The highest BCUT2D eigenvalue weighted by Crippen LogP contribution is 2.32. The number of nitrogens with one attached hydrogen (secondary N) is 2. The van der Waals surface area contributed by atoms with Crippen molar-refractivity contribution >= 4 is 15.9 Å². The monoisotopic (exact) mass is 348 g/mol. The molecule has 0 aliphatic heterocycles. The summed E-state index contributed by atoms with van der Waals surface area (Å²) in [6.07, 6.45) is 1.23. The van der Waals surface area contributed by atoms with Gasteiger partial charge in [-0.05, 0) is 60.4 Å². The van der Waals surface area contributed by atoms with Gasteiger partial charge in [-0.3, -0.25) is 4.79 Å². The summed E-state index contributed by atoms with van der Waals surface area (Å²) >= 11 is 0. The van der Waals surface area contributed by atoms with Gasteiger partial charge in [-0.1, -0.05) is 6.07 Å². The molecule has 1 aliphatic carbocycles. The Morgan fingerprint density at radius 2 is 1.88 bits per heavy atom. The first-order chi connectivity index (χ1) is 11.4. The fourth-order valence-corrected chi connectivity index (χ4v) is 4.14. The second-order valence-electron chi connectivity index (χ2n) is 5.66. The van der Waals surface area contributed by atoms with E-state index in [2.05, 4.69) is 10.0 Å². The topological polar surface area (TPSA) is 75.3 Å². The Morgan fingerprint density at radius 3 is 2.54 bits per heavy atom. The lowest BCUT2D eigenvalue weighted by Gasteiger charge is -2.14. The van der Waals surface area contributed by atoms with E-state index in [1.165, 1.54) is 43.4 Å². The Hall–Kier alpha value is -2.25. The third-order valence-electron chi connectivity index (χ3n) is 4.13. The summed E-state index contributed by atoms with van der Waals surface area (Å²) in [5.41, 5.74) is 2.03. The van der Waals surface area contributed by atoms with Crippen LogP contribution in [0.3, 0.4) is 0 Å². The summed E-state index contributed by atoms with van der Waals surface area (Å²) in [5, 5.41) is 2.48. The zero-order valence-corrected chi connectivity index (χ0v) is 13.9. The molecule has 5 nitrogen and oxygen atoms in total. The molecule has 2 N–H and O–H groups in total. The van der Waals surface area contributed by atoms with Crippen LogP contribution in [0.2, 0.25) is 0 Å². The van der Waals surface area contributed by atoms with Crippen LogP contribution < -0.4 is 10.0 Å². The molecule has 2 aromatic rings. The van der Waals surface area contributed by atoms with Crippen molar-refractivity contribution in [3.05, 3.63) is 65.0 Å². The Morgan fingerprint density at radius 1 is 1.17 bits per heavy atom. The molecule has 3 rings (SSSR count). The maximum atomic E-state index is 13.3. The first kappa shape index (κ1) is 16.6. The fraction of sp³-hybridized carbons (Fsp3) is 0.235. The number of benzene rings is 2. The molecule has 24 heavy (non-hydrogen) atoms. The molecule has 0 heterocycles. The number of amides is 1. The standard InChI is InChI=1S/C17H17FN2O3S/c1-19-17(21)11-2-6-14(7-3-11)24(22,23)20-16-9-4-12-10-13(18)5-8-15(12)16/h2-3,5-8,10,16,20H,4,9H2,1H3,(H,19,21). The number of rotatable bonds is 4. The van der Waals surface area contributed by atoms with Crippen LogP contribution in [0.1, 0.15) is 33.9 Å². The summed E-state index contributed by atoms with van der Waals surface area (Å²) in [7, 11) is -2.21. The van der Waals surface area contributed by atoms with E-state index in [1.54, 1.807) is 6.07 Å². The lowest BCUT2D eigenvalue weighted by Crippen LogP contribution is -2.27. The molecule has 0 saturated carbocycles. The second-order valence-corrected chi connectivity index (χ2v) is 7.37. The highest BCUT2D eigenvalue weighted by atomic mass is 32.2. The van der Waals surface area contributed by atoms with Crippen LogP contribution in [-0.4, -0.2) is 21.4 Å². The molecule has 1 unspecified atom stereocenters. The van der Waals surface area contributed by atoms with Crippen LogP contribution in [0, 0.1) is 5.82 Å². The van der Waals surface area contributed by atoms with Crippen molar-refractivity contribution in [1.82, 2.24) is 10.0 Å². The zero-order chi connectivity index (χ0) is 17.3. The average molecular weight is 348 g/mol. The van der Waals surface area contributed by atoms with E-state index in [0.29, 0.717) is 18.4 Å². The Kier molecular flexibility index (Phi) is 4.38. The number of halogens is 1. The second kappa shape index (κ2) is 6.33. The molecule has 1 atom stereocenters. The van der Waals surface area contributed by atoms with Crippen LogP contribution in [0.15, 0.2) is 47.4 Å². The maximum absolute atomic E-state index is 13.3. The third kappa shape index (κ3) is 3.18. The predicted octanol–water partition coefficient (Wildman–Crippen LogP) is 2.15. The molecule has 0 fully saturated rings. The maximum Gasteiger partial charge on any atom is 0.251 e. The molecular weight excluding hydrogens is 331 g/mol. The van der Waals surface area contributed by atoms with E-state index < -0.39 is 10.0 Å². The third-order valence-corrected chi connectivity index (χ3v) is 5.62. The van der Waals surface area contributed by atoms with Crippen molar-refractivity contribution < 1.29 is 17.6 Å². The number of aryl methyl sites for hydroxylation is 1. The van der Waals surface area contributed by atoms with Gasteiger partial charge in [0.2, 0.25) is 10.0 Å². The van der Waals surface area contributed by atoms with Gasteiger partial charge < -0.3 is 5.32 Å². The number of hydrogen-bond acceptors (Lipinski definition) is 3. The van der Waals surface area contributed by atoms with Gasteiger partial charge in [0.1, 0.15) is 5.82 Å². The minimum absolute atomic E-state index is 0.0886. The van der Waals surface area contributed by atoms with Gasteiger partial charge in [0.25, 0.3) is 5.91 Å². The predicted molar refractivity (Wildman–Crippen MR) is 87.6 cm³/mol. The van der Waals surface area contributed by atoms with Gasteiger partial charge in [0.15, 0.2) is 0 Å². The van der Waals surface area contributed by atoms with Crippen molar-refractivity contribution in [2.24, 2.45) is 0 Å². The van der Waals surface area contributed by atoms with Crippen molar-refractivity contribution in [2.75, 3.05) is 7.05 Å². The van der Waals surface area contributed by atoms with Gasteiger partial charge in [0, 0.05) is 18.7 Å². The molecule has 0 aromatic heterocycles. The van der Waals surface area contributed by atoms with Crippen LogP contribution in [0.25, 0.3) is 0 Å². The Bertz CT molecular complexity index is 879. The van der Waals surface area contributed by atoms with E-state index in [1.807, 2.05) is 0 Å². The molecule has 1 aliphatic rings. The quantitative estimate of drug-likeness (QED) is 0.889. The average Bonchev–Trinajstić information content (AvgIpc) is 2.95. The highest BCUT2D eigenvalue weighted by molar-refractivity contribution is 7.89. The minimum Gasteiger partial charge on any atom is -0.355 e. The summed E-state index contributed by atoms with van der Waals surface area (Å²) < 4.78 is 41.0. The van der Waals surface area contributed by atoms with Crippen molar-refractivity contribution in [3.63, 3.8) is 0 Å². The number of sulfonamides is 1. The van der Waals surface area contributed by atoms with E-state index in [9.17, 15) is 17.6 Å². The number of carbonyl (C=O) groups is 1. The molecule has 0 saturated heterocycles. The minimum atomic E-state index is -3.72. The molecule has 7 heteroatoms. The van der Waals surface area contributed by atoms with Crippen LogP contribution >= 0.6 is 0 Å². The van der Waals surface area contributed by atoms with Gasteiger partial charge in [-0.2, -0.15) is 0 Å². The summed E-state index contributed by atoms with van der Waals surface area (Å²) in [4.78, 5) is 11.6. The molecular formula is C17H17FN2O3S. The summed E-state index contributed by atoms with van der Waals surface area (Å²) in [6.45, 7) is 0. The van der Waals surface area contributed by atoms with E-state index in [4.69, 9.17) is 0 Å². The Balaban J connectivity index is 1.82. The van der Waals surface area contributed by atoms with E-state index >= 15 is 0 Å². The van der Waals surface area contributed by atoms with E-state index in [0.717, 1.165) is 11.1 Å². The van der Waals surface area contributed by atoms with Gasteiger partial charge in [-0.15, -0.1) is 0 Å². The molecule has 1 amide bonds. The van der Waals surface area contributed by atoms with Crippen LogP contribution in [0.4, 0.5) is 4.39 Å². The van der Waals surface area contributed by atoms with Crippen LogP contribution in [0.5, 0.6) is 0 Å². The SMILES string of the molecule is CNC(=O)c1ccc(S(=O)(=O)NC2CCc3cc(F)ccc32)cc1. The van der Waals surface area contributed by atoms with E-state index in [-0.39, 0.29) is 22.7 Å². The smallest absolute Gasteiger partial charge is 0.251 e. The normalized spacial score (nSPS) is 16.7. The lowest BCUT2D eigenvalue weighted by molar-refractivity contribution is 0.0963. The highest BCUT2D eigenvalue weighted by Gasteiger charge is 2.27. The molecule has 126 valence electrons. The molecule has 0 radical (unpaired) electrons. The summed E-state index contributed by atoms with van der Waals surface area (Å²) in [5.74, 6) is -0.597. The zero-order valence-electron chi connectivity index (χ0n) is 13.0.